The van der Waals surface area contributed by atoms with Crippen LogP contribution in [0.4, 0.5) is 4.79 Å². The highest BCUT2D eigenvalue weighted by Gasteiger charge is 2.42. The number of hydrogen-bond acceptors (Lipinski definition) is 14. The van der Waals surface area contributed by atoms with E-state index in [2.05, 4.69) is 42.7 Å². The molecule has 9 atom stereocenters. The Morgan fingerprint density at radius 3 is 2.15 bits per heavy atom. The van der Waals surface area contributed by atoms with Crippen molar-refractivity contribution in [2.24, 2.45) is 29.6 Å². The van der Waals surface area contributed by atoms with Crippen LogP contribution in [0.15, 0.2) is 23.8 Å². The van der Waals surface area contributed by atoms with Crippen molar-refractivity contribution in [1.29, 1.82) is 0 Å². The van der Waals surface area contributed by atoms with Crippen LogP contribution in [0.2, 0.25) is 0 Å². The number of fused-ring (bicyclic) bond motifs is 1. The van der Waals surface area contributed by atoms with Crippen LogP contribution >= 0.6 is 33.6 Å². The van der Waals surface area contributed by atoms with E-state index in [0.29, 0.717) is 116 Å². The highest BCUT2D eigenvalue weighted by atomic mass is 33.1. The summed E-state index contributed by atoms with van der Waals surface area (Å²) in [4.78, 5) is 37.3. The summed E-state index contributed by atoms with van der Waals surface area (Å²) in [5.74, 6) is 3.00. The summed E-state index contributed by atoms with van der Waals surface area (Å²) in [5.41, 5.74) is 1.29. The molecule has 0 aromatic heterocycles. The quantitative estimate of drug-likeness (QED) is 0.0316. The Balaban J connectivity index is 0.925. The highest BCUT2D eigenvalue weighted by molar-refractivity contribution is 8.77. The van der Waals surface area contributed by atoms with Gasteiger partial charge in [-0.3, -0.25) is 9.59 Å². The van der Waals surface area contributed by atoms with Gasteiger partial charge >= 0.3 is 12.1 Å². The topological polar surface area (TPSA) is 149 Å². The summed E-state index contributed by atoms with van der Waals surface area (Å²) < 4.78 is 45.7. The number of rotatable bonds is 30. The zero-order chi connectivity index (χ0) is 42.8. The largest absolute Gasteiger partial charge is 0.461 e. The van der Waals surface area contributed by atoms with Crippen LogP contribution in [0.3, 0.4) is 0 Å². The number of alkyl carbamates (subject to hydrolysis) is 1. The standard InChI is InChI=1S/C44H74N2O11S3/c1-5-33(3)43(48)56-40-29-32(2)28-35-11-10-34(4)39(42(35)40)13-12-36-30-37(31-58-57-36)55-44(49)46-16-18-51-20-22-53-24-26-54-25-23-52-21-19-50-17-15-45-41(47)9-7-6-8-38-14-27-59-60-38/h10-11,28,32-34,36-40,42H,5-9,12-27,29-31H2,1-4H3,(H,45,47)(H,46,49). The number of carbonyl (C=O) groups excluding carboxylic acids is 3. The van der Waals surface area contributed by atoms with E-state index in [9.17, 15) is 14.4 Å². The molecule has 0 bridgehead atoms. The molecule has 2 heterocycles. The van der Waals surface area contributed by atoms with Gasteiger partial charge in [0.25, 0.3) is 0 Å². The molecule has 60 heavy (non-hydrogen) atoms. The Morgan fingerprint density at radius 2 is 1.50 bits per heavy atom. The number of unbranched alkanes of at least 4 members (excludes halogenated alkanes) is 1. The normalized spacial score (nSPS) is 26.8. The first-order chi connectivity index (χ1) is 29.2. The van der Waals surface area contributed by atoms with Crippen LogP contribution in [0, 0.1) is 29.6 Å². The molecule has 2 amide bonds. The first-order valence-electron chi connectivity index (χ1n) is 22.5. The molecule has 0 aromatic rings. The average Bonchev–Trinajstić information content (AvgIpc) is 3.76. The van der Waals surface area contributed by atoms with Crippen LogP contribution in [-0.2, 0) is 46.9 Å². The molecule has 0 aromatic carbocycles. The van der Waals surface area contributed by atoms with Gasteiger partial charge in [-0.25, -0.2) is 4.79 Å². The molecule has 4 aliphatic rings. The van der Waals surface area contributed by atoms with Gasteiger partial charge in [-0.15, -0.1) is 0 Å². The minimum Gasteiger partial charge on any atom is -0.461 e. The molecule has 344 valence electrons. The van der Waals surface area contributed by atoms with E-state index in [1.165, 1.54) is 36.2 Å². The van der Waals surface area contributed by atoms with Crippen LogP contribution in [0.1, 0.15) is 91.9 Å². The SMILES string of the molecule is CCC(C)C(=O)OC1CC(C)C=C2C=CC(C)C(CCC3CC(OC(=O)NCCOCCOCCOCCOCCOCCNC(=O)CCCCC4CCSS4)CSO3)C21. The average molecular weight is 903 g/mol. The molecule has 2 N–H and O–H groups in total. The molecule has 0 saturated carbocycles. The van der Waals surface area contributed by atoms with Crippen LogP contribution in [0.25, 0.3) is 0 Å². The number of hydrogen-bond donors (Lipinski definition) is 2. The van der Waals surface area contributed by atoms with Gasteiger partial charge in [0, 0.05) is 42.9 Å². The van der Waals surface area contributed by atoms with E-state index < -0.39 is 6.09 Å². The number of nitrogens with one attached hydrogen (secondary N) is 2. The van der Waals surface area contributed by atoms with Gasteiger partial charge in [-0.05, 0) is 80.3 Å². The van der Waals surface area contributed by atoms with Gasteiger partial charge in [0.2, 0.25) is 5.91 Å². The van der Waals surface area contributed by atoms with Crippen molar-refractivity contribution in [3.8, 4) is 0 Å². The fourth-order valence-electron chi connectivity index (χ4n) is 7.86. The smallest absolute Gasteiger partial charge is 0.407 e. The fourth-order valence-corrected chi connectivity index (χ4v) is 11.7. The Kier molecular flexibility index (Phi) is 26.0. The Hall–Kier alpha value is -1.50. The Labute approximate surface area is 372 Å². The molecule has 0 spiro atoms. The van der Waals surface area contributed by atoms with Crippen molar-refractivity contribution < 1.29 is 51.7 Å². The van der Waals surface area contributed by atoms with E-state index >= 15 is 0 Å². The van der Waals surface area contributed by atoms with Gasteiger partial charge in [-0.2, -0.15) is 0 Å². The van der Waals surface area contributed by atoms with Gasteiger partial charge in [0.05, 0.1) is 83.8 Å². The summed E-state index contributed by atoms with van der Waals surface area (Å²) in [6, 6.07) is 0. The van der Waals surface area contributed by atoms with Crippen molar-refractivity contribution in [2.45, 2.75) is 115 Å². The fraction of sp³-hybridized carbons (Fsp3) is 0.841. The lowest BCUT2D eigenvalue weighted by Crippen LogP contribution is -2.42. The molecular formula is C44H74N2O11S3. The molecule has 4 rings (SSSR count). The molecule has 2 saturated heterocycles. The van der Waals surface area contributed by atoms with E-state index in [4.69, 9.17) is 37.3 Å². The summed E-state index contributed by atoms with van der Waals surface area (Å²) in [6.45, 7) is 13.8. The summed E-state index contributed by atoms with van der Waals surface area (Å²) in [7, 11) is 3.96. The van der Waals surface area contributed by atoms with Crippen molar-refractivity contribution in [2.75, 3.05) is 90.7 Å². The van der Waals surface area contributed by atoms with Crippen molar-refractivity contribution in [3.63, 3.8) is 0 Å². The summed E-state index contributed by atoms with van der Waals surface area (Å²) in [6.07, 6.45) is 15.3. The molecule has 2 fully saturated rings. The van der Waals surface area contributed by atoms with Crippen LogP contribution < -0.4 is 10.6 Å². The lowest BCUT2D eigenvalue weighted by Gasteiger charge is -2.43. The third kappa shape index (κ3) is 20.3. The predicted octanol–water partition coefficient (Wildman–Crippen LogP) is 7.57. The van der Waals surface area contributed by atoms with Crippen molar-refractivity contribution in [1.82, 2.24) is 10.6 Å². The maximum absolute atomic E-state index is 12.8. The lowest BCUT2D eigenvalue weighted by atomic mass is 9.65. The summed E-state index contributed by atoms with van der Waals surface area (Å²) >= 11 is 1.37. The number of esters is 1. The third-order valence-corrected chi connectivity index (χ3v) is 15.4. The van der Waals surface area contributed by atoms with Gasteiger partial charge in [0.1, 0.15) is 12.2 Å². The van der Waals surface area contributed by atoms with Gasteiger partial charge in [0.15, 0.2) is 0 Å². The van der Waals surface area contributed by atoms with E-state index in [0.717, 1.165) is 43.8 Å². The Bertz CT molecular complexity index is 1290. The third-order valence-electron chi connectivity index (χ3n) is 11.4. The molecule has 2 aliphatic carbocycles. The second-order valence-electron chi connectivity index (χ2n) is 16.3. The molecule has 16 heteroatoms. The number of amides is 2. The molecule has 0 radical (unpaired) electrons. The minimum atomic E-state index is -0.451. The number of allylic oxidation sites excluding steroid dienone is 3. The van der Waals surface area contributed by atoms with E-state index in [1.807, 2.05) is 35.4 Å². The minimum absolute atomic E-state index is 0.0229. The second kappa shape index (κ2) is 30.6. The first kappa shape index (κ1) is 51.1. The number of carbonyl (C=O) groups is 3. The first-order valence-corrected chi connectivity index (χ1v) is 25.8. The predicted molar refractivity (Wildman–Crippen MR) is 240 cm³/mol. The van der Waals surface area contributed by atoms with Crippen LogP contribution in [-0.4, -0.2) is 132 Å². The Morgan fingerprint density at radius 1 is 0.833 bits per heavy atom. The zero-order valence-electron chi connectivity index (χ0n) is 36.6. The zero-order valence-corrected chi connectivity index (χ0v) is 39.1. The second-order valence-corrected chi connectivity index (χ2v) is 19.9. The maximum Gasteiger partial charge on any atom is 0.407 e. The maximum atomic E-state index is 12.8. The lowest BCUT2D eigenvalue weighted by molar-refractivity contribution is -0.158. The summed E-state index contributed by atoms with van der Waals surface area (Å²) in [5, 5.41) is 6.48. The van der Waals surface area contributed by atoms with E-state index in [-0.39, 0.29) is 42.0 Å². The van der Waals surface area contributed by atoms with Crippen molar-refractivity contribution in [3.05, 3.63) is 23.8 Å². The highest BCUT2D eigenvalue weighted by Crippen LogP contribution is 2.45. The van der Waals surface area contributed by atoms with Crippen molar-refractivity contribution >= 4 is 51.6 Å². The molecule has 9 unspecified atom stereocenters. The molecular weight excluding hydrogens is 829 g/mol. The monoisotopic (exact) mass is 902 g/mol. The molecule has 2 aliphatic heterocycles. The van der Waals surface area contributed by atoms with Gasteiger partial charge in [-0.1, -0.05) is 73.9 Å². The van der Waals surface area contributed by atoms with Gasteiger partial charge < -0.3 is 48.0 Å². The van der Waals surface area contributed by atoms with Crippen LogP contribution in [0.5, 0.6) is 0 Å². The molecule has 13 nitrogen and oxygen atoms in total. The van der Waals surface area contributed by atoms with E-state index in [1.54, 1.807) is 0 Å². The number of ether oxygens (including phenoxy) is 7.